The number of ketones is 1. The van der Waals surface area contributed by atoms with Crippen LogP contribution >= 0.6 is 0 Å². The van der Waals surface area contributed by atoms with Crippen LogP contribution in [0.1, 0.15) is 37.0 Å². The second-order valence-corrected chi connectivity index (χ2v) is 4.72. The number of aliphatic hydroxyl groups excluding tert-OH is 1. The standard InChI is InChI=1S/C16H24O4/c1-4-12(5-2)15(17)16(18)13-8-6-7-9-14(13)20-11-10-19-3/h6-9,12,15,17H,4-5,10-11H2,1-3H3. The summed E-state index contributed by atoms with van der Waals surface area (Å²) in [6.45, 7) is 4.79. The summed E-state index contributed by atoms with van der Waals surface area (Å²) in [6, 6.07) is 7.01. The number of hydrogen-bond donors (Lipinski definition) is 1. The topological polar surface area (TPSA) is 55.8 Å². The number of benzene rings is 1. The van der Waals surface area contributed by atoms with E-state index in [1.807, 2.05) is 19.9 Å². The minimum Gasteiger partial charge on any atom is -0.490 e. The Morgan fingerprint density at radius 2 is 1.85 bits per heavy atom. The fraction of sp³-hybridized carbons (Fsp3) is 0.562. The molecule has 1 aromatic rings. The summed E-state index contributed by atoms with van der Waals surface area (Å²) in [6.07, 6.45) is 0.573. The first-order valence-electron chi connectivity index (χ1n) is 7.08. The van der Waals surface area contributed by atoms with Crippen LogP contribution in [-0.4, -0.2) is 37.3 Å². The fourth-order valence-corrected chi connectivity index (χ4v) is 2.14. The van der Waals surface area contributed by atoms with Gasteiger partial charge in [-0.15, -0.1) is 0 Å². The van der Waals surface area contributed by atoms with Crippen molar-refractivity contribution in [3.05, 3.63) is 29.8 Å². The first-order chi connectivity index (χ1) is 9.65. The minimum atomic E-state index is -0.975. The minimum absolute atomic E-state index is 0.0190. The third-order valence-electron chi connectivity index (χ3n) is 3.46. The number of aliphatic hydroxyl groups is 1. The van der Waals surface area contributed by atoms with Crippen LogP contribution in [-0.2, 0) is 4.74 Å². The average Bonchev–Trinajstić information content (AvgIpc) is 2.48. The second-order valence-electron chi connectivity index (χ2n) is 4.72. The Balaban J connectivity index is 2.86. The lowest BCUT2D eigenvalue weighted by Crippen LogP contribution is -2.29. The summed E-state index contributed by atoms with van der Waals surface area (Å²) in [7, 11) is 1.59. The van der Waals surface area contributed by atoms with Gasteiger partial charge < -0.3 is 14.6 Å². The number of carbonyl (C=O) groups is 1. The predicted octanol–water partition coefficient (Wildman–Crippen LogP) is 2.69. The zero-order valence-corrected chi connectivity index (χ0v) is 12.5. The van der Waals surface area contributed by atoms with Crippen LogP contribution in [0.25, 0.3) is 0 Å². The SMILES string of the molecule is CCC(CC)C(O)C(=O)c1ccccc1OCCOC. The van der Waals surface area contributed by atoms with Crippen molar-refractivity contribution in [3.63, 3.8) is 0 Å². The lowest BCUT2D eigenvalue weighted by molar-refractivity contribution is 0.0582. The molecule has 20 heavy (non-hydrogen) atoms. The average molecular weight is 280 g/mol. The molecule has 4 nitrogen and oxygen atoms in total. The fourth-order valence-electron chi connectivity index (χ4n) is 2.14. The maximum Gasteiger partial charge on any atom is 0.195 e. The summed E-state index contributed by atoms with van der Waals surface area (Å²) >= 11 is 0. The van der Waals surface area contributed by atoms with Crippen LogP contribution in [0, 0.1) is 5.92 Å². The highest BCUT2D eigenvalue weighted by Crippen LogP contribution is 2.23. The number of rotatable bonds is 9. The Morgan fingerprint density at radius 3 is 2.45 bits per heavy atom. The van der Waals surface area contributed by atoms with Gasteiger partial charge in [-0.05, 0) is 18.1 Å². The number of methoxy groups -OCH3 is 1. The van der Waals surface area contributed by atoms with Gasteiger partial charge in [-0.2, -0.15) is 0 Å². The number of ether oxygens (including phenoxy) is 2. The van der Waals surface area contributed by atoms with Gasteiger partial charge in [0.25, 0.3) is 0 Å². The van der Waals surface area contributed by atoms with Gasteiger partial charge in [0.15, 0.2) is 5.78 Å². The van der Waals surface area contributed by atoms with Gasteiger partial charge in [-0.1, -0.05) is 38.8 Å². The van der Waals surface area contributed by atoms with E-state index in [-0.39, 0.29) is 11.7 Å². The van der Waals surface area contributed by atoms with Crippen LogP contribution in [0.3, 0.4) is 0 Å². The second kappa shape index (κ2) is 8.72. The molecule has 0 aliphatic carbocycles. The Hall–Kier alpha value is -1.39. The van der Waals surface area contributed by atoms with E-state index >= 15 is 0 Å². The van der Waals surface area contributed by atoms with Crippen molar-refractivity contribution in [3.8, 4) is 5.75 Å². The number of para-hydroxylation sites is 1. The number of hydrogen-bond acceptors (Lipinski definition) is 4. The summed E-state index contributed by atoms with van der Waals surface area (Å²) in [5.41, 5.74) is 0.433. The first-order valence-corrected chi connectivity index (χ1v) is 7.08. The highest BCUT2D eigenvalue weighted by molar-refractivity contribution is 6.01. The van der Waals surface area contributed by atoms with Crippen molar-refractivity contribution in [2.75, 3.05) is 20.3 Å². The number of Topliss-reactive ketones (excluding diaryl/α,β-unsaturated/α-hetero) is 1. The maximum atomic E-state index is 12.4. The van der Waals surface area contributed by atoms with E-state index in [0.29, 0.717) is 24.5 Å². The molecule has 0 saturated heterocycles. The van der Waals surface area contributed by atoms with Gasteiger partial charge in [0.05, 0.1) is 12.2 Å². The van der Waals surface area contributed by atoms with E-state index in [9.17, 15) is 9.90 Å². The molecule has 0 spiro atoms. The van der Waals surface area contributed by atoms with E-state index in [1.54, 1.807) is 25.3 Å². The molecule has 0 bridgehead atoms. The smallest absolute Gasteiger partial charge is 0.195 e. The van der Waals surface area contributed by atoms with Crippen molar-refractivity contribution in [1.82, 2.24) is 0 Å². The van der Waals surface area contributed by atoms with Gasteiger partial charge in [0, 0.05) is 7.11 Å². The summed E-state index contributed by atoms with van der Waals surface area (Å²) in [5.74, 6) is 0.209. The lowest BCUT2D eigenvalue weighted by Gasteiger charge is -2.20. The molecule has 1 rings (SSSR count). The molecule has 1 atom stereocenters. The molecule has 0 aliphatic rings. The summed E-state index contributed by atoms with van der Waals surface area (Å²) in [5, 5.41) is 10.2. The van der Waals surface area contributed by atoms with Gasteiger partial charge in [-0.3, -0.25) is 4.79 Å². The Bertz CT molecular complexity index is 413. The van der Waals surface area contributed by atoms with Gasteiger partial charge in [0.1, 0.15) is 18.5 Å². The molecule has 0 radical (unpaired) electrons. The number of carbonyl (C=O) groups excluding carboxylic acids is 1. The first kappa shape index (κ1) is 16.7. The quantitative estimate of drug-likeness (QED) is 0.558. The van der Waals surface area contributed by atoms with Crippen molar-refractivity contribution in [2.45, 2.75) is 32.8 Å². The van der Waals surface area contributed by atoms with Gasteiger partial charge in [0.2, 0.25) is 0 Å². The summed E-state index contributed by atoms with van der Waals surface area (Å²) < 4.78 is 10.5. The molecule has 0 amide bonds. The Morgan fingerprint density at radius 1 is 1.20 bits per heavy atom. The molecule has 4 heteroatoms. The molecule has 1 aromatic carbocycles. The predicted molar refractivity (Wildman–Crippen MR) is 78.2 cm³/mol. The van der Waals surface area contributed by atoms with E-state index < -0.39 is 6.10 Å². The molecular formula is C16H24O4. The monoisotopic (exact) mass is 280 g/mol. The third-order valence-corrected chi connectivity index (χ3v) is 3.46. The van der Waals surface area contributed by atoms with Crippen LogP contribution in [0.4, 0.5) is 0 Å². The van der Waals surface area contributed by atoms with Crippen molar-refractivity contribution < 1.29 is 19.4 Å². The third kappa shape index (κ3) is 4.32. The van der Waals surface area contributed by atoms with Crippen molar-refractivity contribution in [1.29, 1.82) is 0 Å². The van der Waals surface area contributed by atoms with Gasteiger partial charge >= 0.3 is 0 Å². The molecule has 1 unspecified atom stereocenters. The van der Waals surface area contributed by atoms with E-state index in [1.165, 1.54) is 0 Å². The van der Waals surface area contributed by atoms with Crippen molar-refractivity contribution >= 4 is 5.78 Å². The molecular weight excluding hydrogens is 256 g/mol. The Kier molecular flexibility index (Phi) is 7.26. The largest absolute Gasteiger partial charge is 0.490 e. The molecule has 0 heterocycles. The zero-order valence-electron chi connectivity index (χ0n) is 12.5. The molecule has 1 N–H and O–H groups in total. The molecule has 0 fully saturated rings. The van der Waals surface area contributed by atoms with Crippen LogP contribution < -0.4 is 4.74 Å². The van der Waals surface area contributed by atoms with E-state index in [0.717, 1.165) is 12.8 Å². The maximum absolute atomic E-state index is 12.4. The normalized spacial score (nSPS) is 12.4. The molecule has 0 saturated carbocycles. The lowest BCUT2D eigenvalue weighted by atomic mass is 9.90. The van der Waals surface area contributed by atoms with Crippen LogP contribution in [0.5, 0.6) is 5.75 Å². The van der Waals surface area contributed by atoms with Crippen LogP contribution in [0.2, 0.25) is 0 Å². The van der Waals surface area contributed by atoms with Gasteiger partial charge in [-0.25, -0.2) is 0 Å². The van der Waals surface area contributed by atoms with E-state index in [2.05, 4.69) is 0 Å². The summed E-state index contributed by atoms with van der Waals surface area (Å²) in [4.78, 5) is 12.4. The Labute approximate surface area is 120 Å². The van der Waals surface area contributed by atoms with Crippen molar-refractivity contribution in [2.24, 2.45) is 5.92 Å². The highest BCUT2D eigenvalue weighted by Gasteiger charge is 2.26. The van der Waals surface area contributed by atoms with Crippen LogP contribution in [0.15, 0.2) is 24.3 Å². The van der Waals surface area contributed by atoms with E-state index in [4.69, 9.17) is 9.47 Å². The highest BCUT2D eigenvalue weighted by atomic mass is 16.5. The molecule has 0 aromatic heterocycles. The molecule has 0 aliphatic heterocycles. The zero-order chi connectivity index (χ0) is 15.0. The molecule has 112 valence electrons.